The van der Waals surface area contributed by atoms with Crippen LogP contribution in [0.25, 0.3) is 0 Å². The molecule has 0 saturated carbocycles. The molecular weight excluding hydrogens is 108 g/mol. The third kappa shape index (κ3) is 8.83. The molecule has 0 saturated heterocycles. The van der Waals surface area contributed by atoms with Crippen molar-refractivity contribution in [2.45, 2.75) is 6.92 Å². The summed E-state index contributed by atoms with van der Waals surface area (Å²) in [6.45, 7) is 1.30. The summed E-state index contributed by atoms with van der Waals surface area (Å²) in [5.74, 6) is -0.356. The molecule has 0 aliphatic heterocycles. The molecule has 0 spiro atoms. The van der Waals surface area contributed by atoms with E-state index in [9.17, 15) is 4.79 Å². The Labute approximate surface area is 66.9 Å². The van der Waals surface area contributed by atoms with Gasteiger partial charge in [0.1, 0.15) is 7.11 Å². The van der Waals surface area contributed by atoms with Crippen LogP contribution >= 0.6 is 0 Å². The molecule has 2 nitrogen and oxygen atoms in total. The first-order valence-corrected chi connectivity index (χ1v) is 1.20. The summed E-state index contributed by atoms with van der Waals surface area (Å²) in [4.78, 5) is 9.53. The van der Waals surface area contributed by atoms with Crippen LogP contribution in [-0.4, -0.2) is 43.7 Å². The van der Waals surface area contributed by atoms with Crippen molar-refractivity contribution in [3.05, 3.63) is 7.11 Å². The van der Waals surface area contributed by atoms with Crippen LogP contribution in [0.2, 0.25) is 0 Å². The molecule has 0 aliphatic carbocycles. The van der Waals surface area contributed by atoms with Gasteiger partial charge >= 0.3 is 43.7 Å². The summed E-state index contributed by atoms with van der Waals surface area (Å²) in [5, 5.41) is 0. The Morgan fingerprint density at radius 2 is 2.00 bits per heavy atom. The molecule has 0 aromatic carbocycles. The van der Waals surface area contributed by atoms with E-state index in [1.54, 1.807) is 0 Å². The summed E-state index contributed by atoms with van der Waals surface area (Å²) < 4.78 is 3.86. The third-order valence-electron chi connectivity index (χ3n) is 0.203. The minimum absolute atomic E-state index is 0. The van der Waals surface area contributed by atoms with Gasteiger partial charge in [-0.2, -0.15) is 0 Å². The Balaban J connectivity index is 0. The van der Waals surface area contributed by atoms with E-state index in [0.29, 0.717) is 0 Å². The van der Waals surface area contributed by atoms with Gasteiger partial charge in [-0.1, -0.05) is 0 Å². The molecular formula is C3H7CaO2. The second-order valence-electron chi connectivity index (χ2n) is 0.636. The summed E-state index contributed by atoms with van der Waals surface area (Å²) >= 11 is 0. The van der Waals surface area contributed by atoms with Crippen LogP contribution in [0.4, 0.5) is 0 Å². The van der Waals surface area contributed by atoms with Crippen molar-refractivity contribution in [3.63, 3.8) is 0 Å². The Morgan fingerprint density at radius 1 is 1.83 bits per heavy atom. The van der Waals surface area contributed by atoms with E-state index in [1.807, 2.05) is 0 Å². The van der Waals surface area contributed by atoms with Crippen LogP contribution in [0, 0.1) is 7.11 Å². The van der Waals surface area contributed by atoms with E-state index in [2.05, 4.69) is 11.8 Å². The first-order chi connectivity index (χ1) is 2.27. The standard InChI is InChI=1S/C3H5O2.Ca.2H/c1-3(4)5-2;;;/h2H2,1H3;;;. The van der Waals surface area contributed by atoms with E-state index in [-0.39, 0.29) is 43.7 Å². The maximum atomic E-state index is 9.53. The van der Waals surface area contributed by atoms with Crippen molar-refractivity contribution in [3.8, 4) is 0 Å². The van der Waals surface area contributed by atoms with Gasteiger partial charge in [0.15, 0.2) is 0 Å². The third-order valence-corrected chi connectivity index (χ3v) is 0.203. The van der Waals surface area contributed by atoms with Crippen LogP contribution in [0.5, 0.6) is 0 Å². The number of ether oxygens (including phenoxy) is 1. The maximum absolute atomic E-state index is 9.53. The van der Waals surface area contributed by atoms with Crippen LogP contribution in [-0.2, 0) is 9.53 Å². The fourth-order valence-electron chi connectivity index (χ4n) is 0. The zero-order valence-electron chi connectivity index (χ0n) is 3.02. The first kappa shape index (κ1) is 9.88. The van der Waals surface area contributed by atoms with Crippen LogP contribution < -0.4 is 0 Å². The molecule has 0 heterocycles. The van der Waals surface area contributed by atoms with Gasteiger partial charge in [-0.15, -0.1) is 0 Å². The number of esters is 1. The number of rotatable bonds is 0. The predicted molar refractivity (Wildman–Crippen MR) is 25.7 cm³/mol. The zero-order valence-corrected chi connectivity index (χ0v) is 3.02. The second-order valence-corrected chi connectivity index (χ2v) is 0.636. The molecule has 0 aromatic rings. The van der Waals surface area contributed by atoms with Crippen molar-refractivity contribution in [2.24, 2.45) is 0 Å². The topological polar surface area (TPSA) is 26.3 Å². The van der Waals surface area contributed by atoms with Crippen molar-refractivity contribution >= 4 is 43.7 Å². The molecule has 0 bridgehead atoms. The number of hydrogen-bond acceptors (Lipinski definition) is 2. The summed E-state index contributed by atoms with van der Waals surface area (Å²) in [6.07, 6.45) is 0. The molecule has 0 N–H and O–H groups in total. The number of carbonyl (C=O) groups excluding carboxylic acids is 1. The molecule has 6 heavy (non-hydrogen) atoms. The fourth-order valence-corrected chi connectivity index (χ4v) is 0. The Morgan fingerprint density at radius 3 is 2.00 bits per heavy atom. The quantitative estimate of drug-likeness (QED) is 0.312. The average molecular weight is 115 g/mol. The number of hydrogen-bond donors (Lipinski definition) is 0. The average Bonchev–Trinajstić information content (AvgIpc) is 1.38. The van der Waals surface area contributed by atoms with E-state index in [1.165, 1.54) is 6.92 Å². The Bertz CT molecular complexity index is 44.1. The summed E-state index contributed by atoms with van der Waals surface area (Å²) in [7, 11) is 2.84. The Hall–Kier alpha value is 0.730. The normalized spacial score (nSPS) is 5.67. The molecule has 0 atom stereocenters. The van der Waals surface area contributed by atoms with E-state index >= 15 is 0 Å². The van der Waals surface area contributed by atoms with Gasteiger partial charge in [-0.3, -0.25) is 4.79 Å². The van der Waals surface area contributed by atoms with Crippen molar-refractivity contribution in [2.75, 3.05) is 0 Å². The first-order valence-electron chi connectivity index (χ1n) is 1.20. The monoisotopic (exact) mass is 115 g/mol. The van der Waals surface area contributed by atoms with Gasteiger partial charge in [0.05, 0.1) is 0 Å². The van der Waals surface area contributed by atoms with Crippen LogP contribution in [0.15, 0.2) is 0 Å². The van der Waals surface area contributed by atoms with Crippen molar-refractivity contribution < 1.29 is 9.53 Å². The molecule has 0 unspecified atom stereocenters. The van der Waals surface area contributed by atoms with Gasteiger partial charge < -0.3 is 4.74 Å². The Kier molecular flexibility index (Phi) is 9.43. The van der Waals surface area contributed by atoms with Crippen LogP contribution in [0.3, 0.4) is 0 Å². The van der Waals surface area contributed by atoms with Crippen molar-refractivity contribution in [1.29, 1.82) is 0 Å². The molecule has 0 aromatic heterocycles. The summed E-state index contributed by atoms with van der Waals surface area (Å²) in [6, 6.07) is 0. The molecule has 0 aliphatic rings. The zero-order chi connectivity index (χ0) is 4.28. The van der Waals surface area contributed by atoms with Gasteiger partial charge in [0.2, 0.25) is 0 Å². The van der Waals surface area contributed by atoms with E-state index < -0.39 is 0 Å². The SMILES string of the molecule is [CH2]OC(C)=O.[CaH2]. The fraction of sp³-hybridized carbons (Fsp3) is 0.333. The molecule has 33 valence electrons. The van der Waals surface area contributed by atoms with Crippen molar-refractivity contribution in [1.82, 2.24) is 0 Å². The second kappa shape index (κ2) is 5.73. The predicted octanol–water partition coefficient (Wildman–Crippen LogP) is -0.575. The van der Waals surface area contributed by atoms with E-state index in [4.69, 9.17) is 0 Å². The minimum atomic E-state index is -0.356. The molecule has 0 fully saturated rings. The molecule has 1 radical (unpaired) electrons. The van der Waals surface area contributed by atoms with Gasteiger partial charge in [0, 0.05) is 6.92 Å². The van der Waals surface area contributed by atoms with Gasteiger partial charge in [0.25, 0.3) is 0 Å². The van der Waals surface area contributed by atoms with Gasteiger partial charge in [-0.05, 0) is 0 Å². The summed E-state index contributed by atoms with van der Waals surface area (Å²) in [5.41, 5.74) is 0. The molecule has 3 heteroatoms. The van der Waals surface area contributed by atoms with Crippen LogP contribution in [0.1, 0.15) is 6.92 Å². The van der Waals surface area contributed by atoms with Gasteiger partial charge in [-0.25, -0.2) is 0 Å². The molecule has 0 rings (SSSR count). The number of carbonyl (C=O) groups is 1. The molecule has 0 amide bonds. The van der Waals surface area contributed by atoms with E-state index in [0.717, 1.165) is 0 Å².